The molecule has 0 aliphatic carbocycles. The van der Waals surface area contributed by atoms with Gasteiger partial charge in [0.15, 0.2) is 5.78 Å². The average Bonchev–Trinajstić information content (AvgIpc) is 2.55. The molecule has 0 spiro atoms. The molecule has 0 N–H and O–H groups in total. The summed E-state index contributed by atoms with van der Waals surface area (Å²) in [6.45, 7) is 3.88. The predicted octanol–water partition coefficient (Wildman–Crippen LogP) is 3.52. The molecule has 0 bridgehead atoms. The maximum atomic E-state index is 13.0. The van der Waals surface area contributed by atoms with Gasteiger partial charge in [0.1, 0.15) is 0 Å². The minimum Gasteiger partial charge on any atom is -0.295 e. The monoisotopic (exact) mass is 341 g/mol. The van der Waals surface area contributed by atoms with Crippen LogP contribution in [-0.2, 0) is 14.8 Å². The molecule has 5 heteroatoms. The molecule has 2 aromatic carbocycles. The van der Waals surface area contributed by atoms with E-state index in [4.69, 9.17) is 0 Å². The third-order valence-corrected chi connectivity index (χ3v) is 5.97. The van der Waals surface area contributed by atoms with Gasteiger partial charge in [-0.1, -0.05) is 47.5 Å². The van der Waals surface area contributed by atoms with Crippen LogP contribution in [0, 0.1) is 13.8 Å². The van der Waals surface area contributed by atoms with E-state index in [9.17, 15) is 13.2 Å². The van der Waals surface area contributed by atoms with Crippen LogP contribution in [0.3, 0.4) is 0 Å². The summed E-state index contributed by atoms with van der Waals surface area (Å²) in [5.41, 5.74) is 2.90. The molecular formula is C19H19NO3S. The summed E-state index contributed by atoms with van der Waals surface area (Å²) in [5.74, 6) is -0.0732. The first-order valence-corrected chi connectivity index (χ1v) is 9.20. The predicted molar refractivity (Wildman–Crippen MR) is 92.9 cm³/mol. The van der Waals surface area contributed by atoms with Gasteiger partial charge in [0.2, 0.25) is 0 Å². The molecule has 0 saturated carbocycles. The summed E-state index contributed by atoms with van der Waals surface area (Å²) in [6, 6.07) is 13.8. The van der Waals surface area contributed by atoms with Crippen LogP contribution in [0.5, 0.6) is 0 Å². The van der Waals surface area contributed by atoms with Gasteiger partial charge in [0.05, 0.1) is 10.9 Å². The van der Waals surface area contributed by atoms with E-state index in [0.29, 0.717) is 0 Å². The van der Waals surface area contributed by atoms with Crippen LogP contribution in [0.4, 0.5) is 0 Å². The largest absolute Gasteiger partial charge is 0.295 e. The molecule has 2 aromatic rings. The van der Waals surface area contributed by atoms with Crippen molar-refractivity contribution < 1.29 is 13.2 Å². The van der Waals surface area contributed by atoms with Crippen molar-refractivity contribution in [1.82, 2.24) is 4.31 Å². The summed E-state index contributed by atoms with van der Waals surface area (Å²) in [4.78, 5) is 12.1. The fourth-order valence-corrected chi connectivity index (χ4v) is 4.22. The van der Waals surface area contributed by atoms with Gasteiger partial charge < -0.3 is 0 Å². The summed E-state index contributed by atoms with van der Waals surface area (Å²) in [5, 5.41) is 0. The summed E-state index contributed by atoms with van der Waals surface area (Å²) < 4.78 is 27.3. The molecule has 0 aromatic heterocycles. The van der Waals surface area contributed by atoms with Crippen molar-refractivity contribution in [2.45, 2.75) is 31.2 Å². The zero-order chi connectivity index (χ0) is 17.3. The Morgan fingerprint density at radius 1 is 0.917 bits per heavy atom. The Hall–Kier alpha value is -2.40. The van der Waals surface area contributed by atoms with Crippen molar-refractivity contribution in [3.63, 3.8) is 0 Å². The number of carbonyl (C=O) groups excluding carboxylic acids is 1. The number of ketones is 1. The first kappa shape index (κ1) is 16.5. The Kier molecular flexibility index (Phi) is 4.28. The fourth-order valence-electron chi connectivity index (χ4n) is 2.74. The van der Waals surface area contributed by atoms with Crippen molar-refractivity contribution in [2.75, 3.05) is 0 Å². The minimum atomic E-state index is -3.72. The highest BCUT2D eigenvalue weighted by molar-refractivity contribution is 7.89. The quantitative estimate of drug-likeness (QED) is 0.858. The fraction of sp³-hybridized carbons (Fsp3) is 0.211. The molecular weight excluding hydrogens is 322 g/mol. The maximum absolute atomic E-state index is 13.0. The molecule has 4 nitrogen and oxygen atoms in total. The van der Waals surface area contributed by atoms with E-state index in [1.165, 1.54) is 16.6 Å². The summed E-state index contributed by atoms with van der Waals surface area (Å²) >= 11 is 0. The van der Waals surface area contributed by atoms with E-state index in [2.05, 4.69) is 0 Å². The van der Waals surface area contributed by atoms with Crippen molar-refractivity contribution >= 4 is 15.8 Å². The second-order valence-corrected chi connectivity index (χ2v) is 7.90. The molecule has 0 amide bonds. The molecule has 0 radical (unpaired) electrons. The highest BCUT2D eigenvalue weighted by Crippen LogP contribution is 2.33. The average molecular weight is 341 g/mol. The van der Waals surface area contributed by atoms with Gasteiger partial charge in [0.25, 0.3) is 10.0 Å². The third-order valence-electron chi connectivity index (χ3n) is 4.17. The normalized spacial score (nSPS) is 18.0. The third kappa shape index (κ3) is 3.12. The number of allylic oxidation sites excluding steroid dienone is 1. The van der Waals surface area contributed by atoms with Crippen LogP contribution in [0.1, 0.15) is 29.2 Å². The highest BCUT2D eigenvalue weighted by atomic mass is 32.2. The van der Waals surface area contributed by atoms with Gasteiger partial charge in [-0.25, -0.2) is 8.42 Å². The van der Waals surface area contributed by atoms with Gasteiger partial charge in [-0.2, -0.15) is 0 Å². The molecule has 0 saturated heterocycles. The molecule has 24 heavy (non-hydrogen) atoms. The number of aryl methyl sites for hydroxylation is 2. The molecule has 0 fully saturated rings. The van der Waals surface area contributed by atoms with Gasteiger partial charge in [-0.05, 0) is 37.6 Å². The van der Waals surface area contributed by atoms with E-state index in [0.717, 1.165) is 16.7 Å². The maximum Gasteiger partial charge on any atom is 0.264 e. The molecule has 1 aliphatic rings. The zero-order valence-corrected chi connectivity index (χ0v) is 14.5. The van der Waals surface area contributed by atoms with Gasteiger partial charge >= 0.3 is 0 Å². The van der Waals surface area contributed by atoms with Crippen molar-refractivity contribution in [3.05, 3.63) is 77.5 Å². The van der Waals surface area contributed by atoms with E-state index >= 15 is 0 Å². The SMILES string of the molecule is Cc1ccc(C2CC(=O)C=CN2S(=O)(=O)c2ccc(C)cc2)cc1. The highest BCUT2D eigenvalue weighted by Gasteiger charge is 2.33. The lowest BCUT2D eigenvalue weighted by Crippen LogP contribution is -2.34. The second-order valence-electron chi connectivity index (χ2n) is 6.06. The molecule has 1 atom stereocenters. The summed E-state index contributed by atoms with van der Waals surface area (Å²) in [7, 11) is -3.72. The first-order chi connectivity index (χ1) is 11.4. The van der Waals surface area contributed by atoms with E-state index in [1.54, 1.807) is 24.3 Å². The van der Waals surface area contributed by atoms with Crippen LogP contribution in [0.2, 0.25) is 0 Å². The molecule has 3 rings (SSSR count). The zero-order valence-electron chi connectivity index (χ0n) is 13.6. The van der Waals surface area contributed by atoms with Crippen molar-refractivity contribution in [2.24, 2.45) is 0 Å². The molecule has 124 valence electrons. The number of benzene rings is 2. The van der Waals surface area contributed by atoms with E-state index < -0.39 is 16.1 Å². The Labute approximate surface area is 142 Å². The van der Waals surface area contributed by atoms with E-state index in [-0.39, 0.29) is 17.1 Å². The Morgan fingerprint density at radius 3 is 2.04 bits per heavy atom. The van der Waals surface area contributed by atoms with Gasteiger partial charge in [-0.3, -0.25) is 9.10 Å². The van der Waals surface area contributed by atoms with Crippen molar-refractivity contribution in [3.8, 4) is 0 Å². The first-order valence-electron chi connectivity index (χ1n) is 7.76. The van der Waals surface area contributed by atoms with Crippen LogP contribution in [-0.4, -0.2) is 18.5 Å². The minimum absolute atomic E-state index is 0.0732. The van der Waals surface area contributed by atoms with Crippen LogP contribution < -0.4 is 0 Å². The second kappa shape index (κ2) is 6.24. The number of carbonyl (C=O) groups is 1. The van der Waals surface area contributed by atoms with Gasteiger partial charge in [-0.15, -0.1) is 0 Å². The number of hydrogen-bond acceptors (Lipinski definition) is 3. The van der Waals surface area contributed by atoms with E-state index in [1.807, 2.05) is 38.1 Å². The number of nitrogens with zero attached hydrogens (tertiary/aromatic N) is 1. The standard InChI is InChI=1S/C19H19NO3S/c1-14-3-7-16(8-4-14)19-13-17(21)11-12-20(19)24(22,23)18-9-5-15(2)6-10-18/h3-12,19H,13H2,1-2H3. The lowest BCUT2D eigenvalue weighted by Gasteiger charge is -2.32. The number of rotatable bonds is 3. The Bertz CT molecular complexity index is 881. The summed E-state index contributed by atoms with van der Waals surface area (Å²) in [6.07, 6.45) is 2.85. The van der Waals surface area contributed by atoms with Crippen LogP contribution >= 0.6 is 0 Å². The Balaban J connectivity index is 2.05. The van der Waals surface area contributed by atoms with Crippen LogP contribution in [0.15, 0.2) is 65.7 Å². The molecule has 1 unspecified atom stereocenters. The van der Waals surface area contributed by atoms with Gasteiger partial charge in [0, 0.05) is 12.6 Å². The smallest absolute Gasteiger partial charge is 0.264 e. The number of hydrogen-bond donors (Lipinski definition) is 0. The lowest BCUT2D eigenvalue weighted by atomic mass is 9.98. The number of sulfonamides is 1. The van der Waals surface area contributed by atoms with Crippen molar-refractivity contribution in [1.29, 1.82) is 0 Å². The van der Waals surface area contributed by atoms with Crippen LogP contribution in [0.25, 0.3) is 0 Å². The topological polar surface area (TPSA) is 54.5 Å². The lowest BCUT2D eigenvalue weighted by molar-refractivity contribution is -0.115. The molecule has 1 aliphatic heterocycles. The molecule has 1 heterocycles. The Morgan fingerprint density at radius 2 is 1.46 bits per heavy atom.